The molecule has 1 saturated heterocycles. The van der Waals surface area contributed by atoms with Crippen molar-refractivity contribution in [3.8, 4) is 0 Å². The number of hydrogen-bond acceptors (Lipinski definition) is 4. The van der Waals surface area contributed by atoms with Crippen LogP contribution < -0.4 is 10.8 Å². The van der Waals surface area contributed by atoms with Crippen molar-refractivity contribution in [3.63, 3.8) is 0 Å². The molecule has 6 heteroatoms. The molecule has 3 aliphatic rings. The summed E-state index contributed by atoms with van der Waals surface area (Å²) in [7, 11) is -0.830. The van der Waals surface area contributed by atoms with Gasteiger partial charge >= 0.3 is 7.12 Å². The molecular formula is C14H16BN3O2. The number of H-pyrrole nitrogens is 1. The summed E-state index contributed by atoms with van der Waals surface area (Å²) in [4.78, 5) is 7.52. The molecule has 0 amide bonds. The van der Waals surface area contributed by atoms with Gasteiger partial charge in [-0.1, -0.05) is 0 Å². The Morgan fingerprint density at radius 3 is 3.10 bits per heavy atom. The minimum Gasteiger partial charge on any atom is -0.423 e. The highest BCUT2D eigenvalue weighted by atomic mass is 16.5. The smallest absolute Gasteiger partial charge is 0.423 e. The van der Waals surface area contributed by atoms with Gasteiger partial charge in [-0.25, -0.2) is 4.98 Å². The fraction of sp³-hybridized carbons (Fsp3) is 0.500. The lowest BCUT2D eigenvalue weighted by Crippen LogP contribution is -2.51. The number of rotatable bonds is 0. The topological polar surface area (TPSA) is 70.2 Å². The van der Waals surface area contributed by atoms with Crippen LogP contribution in [0, 0.1) is 5.41 Å². The fourth-order valence-corrected chi connectivity index (χ4v) is 4.57. The van der Waals surface area contributed by atoms with E-state index in [-0.39, 0.29) is 5.60 Å². The molecule has 0 unspecified atom stereocenters. The molecule has 1 aliphatic carbocycles. The van der Waals surface area contributed by atoms with Crippen molar-refractivity contribution in [1.29, 1.82) is 0 Å². The van der Waals surface area contributed by atoms with Gasteiger partial charge in [0.2, 0.25) is 0 Å². The summed E-state index contributed by atoms with van der Waals surface area (Å²) in [6.45, 7) is 2.17. The first-order valence-corrected chi connectivity index (χ1v) is 7.25. The van der Waals surface area contributed by atoms with E-state index < -0.39 is 7.12 Å². The van der Waals surface area contributed by atoms with Crippen molar-refractivity contribution < 1.29 is 9.68 Å². The first kappa shape index (κ1) is 11.3. The maximum atomic E-state index is 10.2. The molecule has 1 saturated carbocycles. The Morgan fingerprint density at radius 2 is 2.30 bits per heavy atom. The Kier molecular flexibility index (Phi) is 1.95. The first-order chi connectivity index (χ1) is 9.72. The van der Waals surface area contributed by atoms with Gasteiger partial charge in [-0.05, 0) is 42.9 Å². The van der Waals surface area contributed by atoms with Gasteiger partial charge in [-0.15, -0.1) is 0 Å². The third-order valence-corrected chi connectivity index (χ3v) is 5.33. The number of hydrogen-bond donors (Lipinski definition) is 3. The first-order valence-electron chi connectivity index (χ1n) is 7.25. The van der Waals surface area contributed by atoms with Crippen molar-refractivity contribution in [1.82, 2.24) is 15.3 Å². The van der Waals surface area contributed by atoms with E-state index >= 15 is 0 Å². The zero-order valence-electron chi connectivity index (χ0n) is 11.1. The van der Waals surface area contributed by atoms with Gasteiger partial charge < -0.3 is 20.0 Å². The Labute approximate surface area is 116 Å². The summed E-state index contributed by atoms with van der Waals surface area (Å²) in [5.41, 5.74) is 2.95. The Hall–Kier alpha value is -1.37. The Balaban J connectivity index is 1.66. The lowest BCUT2D eigenvalue weighted by atomic mass is 9.56. The maximum absolute atomic E-state index is 10.2. The fourth-order valence-electron chi connectivity index (χ4n) is 4.57. The summed E-state index contributed by atoms with van der Waals surface area (Å²) in [6.07, 6.45) is 6.88. The van der Waals surface area contributed by atoms with E-state index in [1.54, 1.807) is 6.20 Å². The molecule has 2 fully saturated rings. The van der Waals surface area contributed by atoms with Crippen LogP contribution in [-0.4, -0.2) is 35.2 Å². The molecular weight excluding hydrogens is 253 g/mol. The predicted molar refractivity (Wildman–Crippen MR) is 75.6 cm³/mol. The second kappa shape index (κ2) is 3.45. The van der Waals surface area contributed by atoms with Crippen LogP contribution in [0.15, 0.2) is 18.5 Å². The van der Waals surface area contributed by atoms with Crippen LogP contribution in [0.2, 0.25) is 0 Å². The highest BCUT2D eigenvalue weighted by molar-refractivity contribution is 6.62. The Morgan fingerprint density at radius 1 is 1.40 bits per heavy atom. The van der Waals surface area contributed by atoms with Crippen molar-refractivity contribution in [3.05, 3.63) is 24.0 Å². The van der Waals surface area contributed by atoms with Crippen LogP contribution in [0.3, 0.4) is 0 Å². The average molecular weight is 269 g/mol. The minimum atomic E-state index is -0.830. The molecule has 5 rings (SSSR count). The van der Waals surface area contributed by atoms with Gasteiger partial charge in [0, 0.05) is 29.8 Å². The number of fused-ring (bicyclic) bond motifs is 4. The summed E-state index contributed by atoms with van der Waals surface area (Å²) in [6, 6.07) is 2.04. The summed E-state index contributed by atoms with van der Waals surface area (Å²) >= 11 is 0. The van der Waals surface area contributed by atoms with Crippen LogP contribution in [0.4, 0.5) is 0 Å². The molecule has 2 aromatic rings. The van der Waals surface area contributed by atoms with Gasteiger partial charge in [0.15, 0.2) is 0 Å². The quantitative estimate of drug-likeness (QED) is 0.600. The molecule has 0 atom stereocenters. The predicted octanol–water partition coefficient (Wildman–Crippen LogP) is 0.249. The lowest BCUT2D eigenvalue weighted by molar-refractivity contribution is -0.106. The number of aromatic amines is 1. The van der Waals surface area contributed by atoms with E-state index in [0.29, 0.717) is 5.41 Å². The number of nitrogens with one attached hydrogen (secondary N) is 2. The Bertz CT molecular complexity index is 700. The SMILES string of the molecule is OB1OC2(CC3(CCNC3)C2)c2c1cnc1[nH]ccc21. The zero-order valence-corrected chi connectivity index (χ0v) is 11.1. The van der Waals surface area contributed by atoms with E-state index in [4.69, 9.17) is 4.65 Å². The second-order valence-corrected chi connectivity index (χ2v) is 6.57. The van der Waals surface area contributed by atoms with Crippen LogP contribution >= 0.6 is 0 Å². The van der Waals surface area contributed by atoms with Gasteiger partial charge in [0.05, 0.1) is 5.60 Å². The van der Waals surface area contributed by atoms with E-state index in [9.17, 15) is 5.02 Å². The maximum Gasteiger partial charge on any atom is 0.493 e. The van der Waals surface area contributed by atoms with Gasteiger partial charge in [0.25, 0.3) is 0 Å². The van der Waals surface area contributed by atoms with E-state index in [1.165, 1.54) is 6.42 Å². The molecule has 20 heavy (non-hydrogen) atoms. The van der Waals surface area contributed by atoms with Crippen molar-refractivity contribution in [2.24, 2.45) is 5.41 Å². The van der Waals surface area contributed by atoms with Crippen LogP contribution in [0.25, 0.3) is 11.0 Å². The monoisotopic (exact) mass is 269 g/mol. The van der Waals surface area contributed by atoms with E-state index in [1.807, 2.05) is 12.3 Å². The van der Waals surface area contributed by atoms with Crippen molar-refractivity contribution >= 4 is 23.6 Å². The average Bonchev–Trinajstić information content (AvgIpc) is 3.08. The summed E-state index contributed by atoms with van der Waals surface area (Å²) in [5.74, 6) is 0. The molecule has 4 heterocycles. The molecule has 2 spiro atoms. The van der Waals surface area contributed by atoms with Crippen LogP contribution in [0.5, 0.6) is 0 Å². The second-order valence-electron chi connectivity index (χ2n) is 6.57. The van der Waals surface area contributed by atoms with Gasteiger partial charge in [-0.2, -0.15) is 0 Å². The van der Waals surface area contributed by atoms with Crippen LogP contribution in [0.1, 0.15) is 24.8 Å². The standard InChI is InChI=1S/C14H16BN3O2/c19-15-10-5-18-12-9(1-3-17-12)11(10)14(20-15)6-13(7-14)2-4-16-8-13/h1,3,5,16,19H,2,4,6-8H2,(H,17,18). The minimum absolute atomic E-state index is 0.301. The highest BCUT2D eigenvalue weighted by Crippen LogP contribution is 2.61. The third-order valence-electron chi connectivity index (χ3n) is 5.33. The molecule has 0 radical (unpaired) electrons. The highest BCUT2D eigenvalue weighted by Gasteiger charge is 2.62. The molecule has 0 bridgehead atoms. The molecule has 5 nitrogen and oxygen atoms in total. The molecule has 2 aliphatic heterocycles. The number of aromatic nitrogens is 2. The largest absolute Gasteiger partial charge is 0.493 e. The summed E-state index contributed by atoms with van der Waals surface area (Å²) in [5, 5.41) is 14.8. The summed E-state index contributed by atoms with van der Waals surface area (Å²) < 4.78 is 5.99. The van der Waals surface area contributed by atoms with Gasteiger partial charge in [0.1, 0.15) is 5.65 Å². The normalized spacial score (nSPS) is 35.1. The molecule has 3 N–H and O–H groups in total. The van der Waals surface area contributed by atoms with Crippen molar-refractivity contribution in [2.45, 2.75) is 24.9 Å². The van der Waals surface area contributed by atoms with Gasteiger partial charge in [-0.3, -0.25) is 0 Å². The lowest BCUT2D eigenvalue weighted by Gasteiger charge is -2.53. The zero-order chi connectivity index (χ0) is 13.4. The third kappa shape index (κ3) is 1.22. The molecule has 102 valence electrons. The van der Waals surface area contributed by atoms with E-state index in [2.05, 4.69) is 15.3 Å². The van der Waals surface area contributed by atoms with E-state index in [0.717, 1.165) is 48.0 Å². The molecule has 2 aromatic heterocycles. The number of pyridine rings is 1. The molecule has 0 aromatic carbocycles. The van der Waals surface area contributed by atoms with Crippen molar-refractivity contribution in [2.75, 3.05) is 13.1 Å². The number of nitrogens with zero attached hydrogens (tertiary/aromatic N) is 1. The van der Waals surface area contributed by atoms with Crippen LogP contribution in [-0.2, 0) is 10.3 Å².